The van der Waals surface area contributed by atoms with Crippen molar-refractivity contribution in [3.05, 3.63) is 64.7 Å². The van der Waals surface area contributed by atoms with Gasteiger partial charge in [-0.25, -0.2) is 4.99 Å². The number of nitrogens with zero attached hydrogens (tertiary/aromatic N) is 1. The van der Waals surface area contributed by atoms with E-state index in [0.717, 1.165) is 17.7 Å². The summed E-state index contributed by atoms with van der Waals surface area (Å²) in [5.74, 6) is 0.387. The summed E-state index contributed by atoms with van der Waals surface area (Å²) in [5.41, 5.74) is 9.06. The van der Waals surface area contributed by atoms with Gasteiger partial charge in [-0.1, -0.05) is 48.9 Å². The summed E-state index contributed by atoms with van der Waals surface area (Å²) in [7, 11) is 0. The molecule has 2 aromatic carbocycles. The van der Waals surface area contributed by atoms with E-state index in [1.54, 1.807) is 0 Å². The molecule has 4 heteroatoms. The van der Waals surface area contributed by atoms with Gasteiger partial charge < -0.3 is 11.1 Å². The zero-order valence-electron chi connectivity index (χ0n) is 11.4. The van der Waals surface area contributed by atoms with Gasteiger partial charge in [0, 0.05) is 10.7 Å². The molecule has 0 aliphatic carbocycles. The molecule has 0 saturated carbocycles. The monoisotopic (exact) mass is 287 g/mol. The zero-order chi connectivity index (χ0) is 14.4. The van der Waals surface area contributed by atoms with Gasteiger partial charge in [0.2, 0.25) is 0 Å². The molecule has 0 saturated heterocycles. The number of hydrogen-bond donors (Lipinski definition) is 2. The molecule has 0 atom stereocenters. The number of hydrogen-bond acceptors (Lipinski definition) is 1. The van der Waals surface area contributed by atoms with E-state index in [0.29, 0.717) is 17.5 Å². The minimum atomic E-state index is 0.387. The van der Waals surface area contributed by atoms with Crippen molar-refractivity contribution in [2.24, 2.45) is 10.7 Å². The van der Waals surface area contributed by atoms with Crippen molar-refractivity contribution in [3.63, 3.8) is 0 Å². The van der Waals surface area contributed by atoms with E-state index in [-0.39, 0.29) is 0 Å². The highest BCUT2D eigenvalue weighted by Gasteiger charge is 1.99. The Bertz CT molecular complexity index is 608. The Morgan fingerprint density at radius 1 is 1.20 bits per heavy atom. The van der Waals surface area contributed by atoms with Crippen LogP contribution in [0.1, 0.15) is 18.1 Å². The number of guanidine groups is 1. The third-order valence-electron chi connectivity index (χ3n) is 2.99. The van der Waals surface area contributed by atoms with Crippen LogP contribution in [0.3, 0.4) is 0 Å². The first-order valence-corrected chi connectivity index (χ1v) is 6.96. The molecule has 104 valence electrons. The average Bonchev–Trinajstić information content (AvgIpc) is 2.46. The summed E-state index contributed by atoms with van der Waals surface area (Å²) >= 11 is 6.08. The fourth-order valence-corrected chi connectivity index (χ4v) is 2.05. The molecule has 0 aliphatic heterocycles. The first-order valence-electron chi connectivity index (χ1n) is 6.58. The van der Waals surface area contributed by atoms with Crippen LogP contribution in [-0.4, -0.2) is 5.96 Å². The Balaban J connectivity index is 2.02. The number of nitrogens with two attached hydrogens (primary N) is 1. The maximum absolute atomic E-state index is 6.08. The third kappa shape index (κ3) is 4.00. The van der Waals surface area contributed by atoms with Crippen molar-refractivity contribution in [2.45, 2.75) is 19.9 Å². The molecular formula is C16H18ClN3. The number of anilines is 1. The third-order valence-corrected chi connectivity index (χ3v) is 3.35. The van der Waals surface area contributed by atoms with Gasteiger partial charge in [-0.15, -0.1) is 0 Å². The Hall–Kier alpha value is -2.00. The molecule has 0 fully saturated rings. The van der Waals surface area contributed by atoms with Gasteiger partial charge in [0.1, 0.15) is 0 Å². The minimum Gasteiger partial charge on any atom is -0.370 e. The van der Waals surface area contributed by atoms with E-state index in [1.165, 1.54) is 5.56 Å². The lowest BCUT2D eigenvalue weighted by Crippen LogP contribution is -2.22. The largest absolute Gasteiger partial charge is 0.370 e. The van der Waals surface area contributed by atoms with Crippen molar-refractivity contribution in [2.75, 3.05) is 5.32 Å². The number of aliphatic imine (C=N–C) groups is 1. The highest BCUT2D eigenvalue weighted by molar-refractivity contribution is 6.31. The molecule has 0 aliphatic rings. The fourth-order valence-electron chi connectivity index (χ4n) is 1.85. The molecule has 0 aromatic heterocycles. The molecule has 2 rings (SSSR count). The van der Waals surface area contributed by atoms with Gasteiger partial charge in [0.15, 0.2) is 5.96 Å². The quantitative estimate of drug-likeness (QED) is 0.663. The fraction of sp³-hybridized carbons (Fsp3) is 0.188. The summed E-state index contributed by atoms with van der Waals surface area (Å²) in [6.45, 7) is 2.58. The van der Waals surface area contributed by atoms with Gasteiger partial charge in [0.05, 0.1) is 6.54 Å². The van der Waals surface area contributed by atoms with Crippen molar-refractivity contribution in [1.29, 1.82) is 0 Å². The van der Waals surface area contributed by atoms with Gasteiger partial charge in [0.25, 0.3) is 0 Å². The van der Waals surface area contributed by atoms with Crippen LogP contribution in [0.4, 0.5) is 5.69 Å². The van der Waals surface area contributed by atoms with Gasteiger partial charge >= 0.3 is 0 Å². The highest BCUT2D eigenvalue weighted by Crippen LogP contribution is 2.16. The second kappa shape index (κ2) is 6.96. The van der Waals surface area contributed by atoms with E-state index >= 15 is 0 Å². The first-order chi connectivity index (χ1) is 9.69. The zero-order valence-corrected chi connectivity index (χ0v) is 12.2. The molecule has 0 radical (unpaired) electrons. The summed E-state index contributed by atoms with van der Waals surface area (Å²) < 4.78 is 0. The predicted molar refractivity (Wildman–Crippen MR) is 86.2 cm³/mol. The topological polar surface area (TPSA) is 50.4 Å². The predicted octanol–water partition coefficient (Wildman–Crippen LogP) is 3.83. The molecular weight excluding hydrogens is 270 g/mol. The SMILES string of the molecule is CCc1cccc(NC(N)=NCc2ccccc2Cl)c1. The smallest absolute Gasteiger partial charge is 0.193 e. The number of aryl methyl sites for hydroxylation is 1. The Kier molecular flexibility index (Phi) is 5.02. The molecule has 0 unspecified atom stereocenters. The normalized spacial score (nSPS) is 11.4. The summed E-state index contributed by atoms with van der Waals surface area (Å²) in [6.07, 6.45) is 0.992. The van der Waals surface area contributed by atoms with Crippen LogP contribution in [0, 0.1) is 0 Å². The van der Waals surface area contributed by atoms with E-state index in [1.807, 2.05) is 36.4 Å². The van der Waals surface area contributed by atoms with Gasteiger partial charge in [-0.3, -0.25) is 0 Å². The second-order valence-electron chi connectivity index (χ2n) is 4.47. The van der Waals surface area contributed by atoms with Crippen molar-refractivity contribution in [1.82, 2.24) is 0 Å². The van der Waals surface area contributed by atoms with Crippen molar-refractivity contribution >= 4 is 23.2 Å². The standard InChI is InChI=1S/C16H18ClN3/c1-2-12-6-5-8-14(10-12)20-16(18)19-11-13-7-3-4-9-15(13)17/h3-10H,2,11H2,1H3,(H3,18,19,20). The maximum atomic E-state index is 6.08. The average molecular weight is 288 g/mol. The number of benzene rings is 2. The Labute approximate surface area is 124 Å². The second-order valence-corrected chi connectivity index (χ2v) is 4.88. The number of halogens is 1. The van der Waals surface area contributed by atoms with E-state index in [9.17, 15) is 0 Å². The van der Waals surface area contributed by atoms with Crippen molar-refractivity contribution in [3.8, 4) is 0 Å². The first kappa shape index (κ1) is 14.4. The van der Waals surface area contributed by atoms with Crippen LogP contribution < -0.4 is 11.1 Å². The molecule has 3 N–H and O–H groups in total. The van der Waals surface area contributed by atoms with Crippen LogP contribution in [0.25, 0.3) is 0 Å². The lowest BCUT2D eigenvalue weighted by molar-refractivity contribution is 1.06. The number of nitrogens with one attached hydrogen (secondary N) is 1. The van der Waals surface area contributed by atoms with Crippen LogP contribution in [-0.2, 0) is 13.0 Å². The summed E-state index contributed by atoms with van der Waals surface area (Å²) in [5, 5.41) is 3.80. The van der Waals surface area contributed by atoms with Crippen LogP contribution in [0.2, 0.25) is 5.02 Å². The summed E-state index contributed by atoms with van der Waals surface area (Å²) in [4.78, 5) is 4.30. The van der Waals surface area contributed by atoms with Gasteiger partial charge in [-0.2, -0.15) is 0 Å². The molecule has 0 heterocycles. The van der Waals surface area contributed by atoms with E-state index in [4.69, 9.17) is 17.3 Å². The maximum Gasteiger partial charge on any atom is 0.193 e. The Morgan fingerprint density at radius 2 is 2.00 bits per heavy atom. The minimum absolute atomic E-state index is 0.387. The summed E-state index contributed by atoms with van der Waals surface area (Å²) in [6, 6.07) is 15.7. The molecule has 20 heavy (non-hydrogen) atoms. The lowest BCUT2D eigenvalue weighted by Gasteiger charge is -2.07. The highest BCUT2D eigenvalue weighted by atomic mass is 35.5. The molecule has 0 spiro atoms. The van der Waals surface area contributed by atoms with Crippen LogP contribution >= 0.6 is 11.6 Å². The van der Waals surface area contributed by atoms with Crippen molar-refractivity contribution < 1.29 is 0 Å². The van der Waals surface area contributed by atoms with Crippen LogP contribution in [0.5, 0.6) is 0 Å². The van der Waals surface area contributed by atoms with E-state index in [2.05, 4.69) is 29.4 Å². The van der Waals surface area contributed by atoms with Crippen LogP contribution in [0.15, 0.2) is 53.5 Å². The number of rotatable bonds is 4. The Morgan fingerprint density at radius 3 is 2.75 bits per heavy atom. The van der Waals surface area contributed by atoms with Gasteiger partial charge in [-0.05, 0) is 35.7 Å². The lowest BCUT2D eigenvalue weighted by atomic mass is 10.1. The molecule has 0 amide bonds. The molecule has 2 aromatic rings. The molecule has 3 nitrogen and oxygen atoms in total. The van der Waals surface area contributed by atoms with E-state index < -0.39 is 0 Å². The molecule has 0 bridgehead atoms.